The average molecular weight is 277 g/mol. The summed E-state index contributed by atoms with van der Waals surface area (Å²) in [6.45, 7) is 1.94. The number of nitrogens with two attached hydrogens (primary N) is 1. The maximum absolute atomic E-state index is 11.2. The van der Waals surface area contributed by atoms with Gasteiger partial charge in [0.15, 0.2) is 0 Å². The summed E-state index contributed by atoms with van der Waals surface area (Å²) in [5.74, 6) is 0.476. The van der Waals surface area contributed by atoms with Gasteiger partial charge in [-0.15, -0.1) is 0 Å². The average Bonchev–Trinajstić information content (AvgIpc) is 2.86. The summed E-state index contributed by atoms with van der Waals surface area (Å²) in [6, 6.07) is 7.50. The van der Waals surface area contributed by atoms with Crippen molar-refractivity contribution in [2.24, 2.45) is 5.73 Å². The molecule has 0 aliphatic heterocycles. The van der Waals surface area contributed by atoms with Gasteiger partial charge in [-0.2, -0.15) is 4.37 Å². The number of methoxy groups -OCH3 is 1. The lowest BCUT2D eigenvalue weighted by atomic mass is 10.1. The molecule has 0 aliphatic rings. The van der Waals surface area contributed by atoms with Crippen LogP contribution >= 0.6 is 11.5 Å². The van der Waals surface area contributed by atoms with Crippen molar-refractivity contribution in [1.29, 1.82) is 0 Å². The van der Waals surface area contributed by atoms with E-state index in [4.69, 9.17) is 10.5 Å². The van der Waals surface area contributed by atoms with Gasteiger partial charge in [0.2, 0.25) is 5.91 Å². The highest BCUT2D eigenvalue weighted by Crippen LogP contribution is 2.31. The Morgan fingerprint density at radius 2 is 2.26 bits per heavy atom. The standard InChI is InChI=1S/C13H15N3O2S/c1-8(17)15-12-5-9(3-4-13(12)18-2)11-6-10(7-14)19-16-11/h3-6H,7,14H2,1-2H3,(H,15,17). The second-order valence-electron chi connectivity index (χ2n) is 3.98. The van der Waals surface area contributed by atoms with Crippen molar-refractivity contribution < 1.29 is 9.53 Å². The van der Waals surface area contributed by atoms with E-state index in [1.165, 1.54) is 18.5 Å². The van der Waals surface area contributed by atoms with Crippen LogP contribution in [0.25, 0.3) is 11.3 Å². The van der Waals surface area contributed by atoms with E-state index >= 15 is 0 Å². The second kappa shape index (κ2) is 5.81. The summed E-state index contributed by atoms with van der Waals surface area (Å²) in [5, 5.41) is 2.74. The second-order valence-corrected chi connectivity index (χ2v) is 4.87. The molecule has 0 spiro atoms. The number of anilines is 1. The lowest BCUT2D eigenvalue weighted by Gasteiger charge is -2.10. The monoisotopic (exact) mass is 277 g/mol. The molecule has 100 valence electrons. The summed E-state index contributed by atoms with van der Waals surface area (Å²) < 4.78 is 9.55. The van der Waals surface area contributed by atoms with Crippen LogP contribution in [0.3, 0.4) is 0 Å². The Bertz CT molecular complexity index is 595. The van der Waals surface area contributed by atoms with E-state index in [2.05, 4.69) is 9.69 Å². The molecule has 5 nitrogen and oxygen atoms in total. The SMILES string of the molecule is COc1ccc(-c2cc(CN)sn2)cc1NC(C)=O. The van der Waals surface area contributed by atoms with Crippen LogP contribution in [-0.2, 0) is 11.3 Å². The van der Waals surface area contributed by atoms with E-state index in [9.17, 15) is 4.79 Å². The van der Waals surface area contributed by atoms with E-state index < -0.39 is 0 Å². The highest BCUT2D eigenvalue weighted by molar-refractivity contribution is 7.06. The highest BCUT2D eigenvalue weighted by atomic mass is 32.1. The third kappa shape index (κ3) is 3.10. The Kier molecular flexibility index (Phi) is 4.13. The third-order valence-corrected chi connectivity index (χ3v) is 3.37. The van der Waals surface area contributed by atoms with Crippen LogP contribution in [0.5, 0.6) is 5.75 Å². The van der Waals surface area contributed by atoms with E-state index in [1.54, 1.807) is 7.11 Å². The van der Waals surface area contributed by atoms with E-state index in [-0.39, 0.29) is 5.91 Å². The number of aromatic nitrogens is 1. The van der Waals surface area contributed by atoms with Gasteiger partial charge in [-0.1, -0.05) is 0 Å². The zero-order valence-electron chi connectivity index (χ0n) is 10.8. The van der Waals surface area contributed by atoms with Crippen LogP contribution in [0.1, 0.15) is 11.8 Å². The predicted molar refractivity (Wildman–Crippen MR) is 76.3 cm³/mol. The molecule has 1 aromatic carbocycles. The van der Waals surface area contributed by atoms with Gasteiger partial charge >= 0.3 is 0 Å². The normalized spacial score (nSPS) is 10.3. The molecule has 0 fully saturated rings. The van der Waals surface area contributed by atoms with Crippen molar-refractivity contribution >= 4 is 23.1 Å². The molecule has 1 aromatic heterocycles. The molecule has 6 heteroatoms. The Morgan fingerprint density at radius 1 is 1.47 bits per heavy atom. The quantitative estimate of drug-likeness (QED) is 0.898. The first-order valence-electron chi connectivity index (χ1n) is 5.75. The zero-order valence-corrected chi connectivity index (χ0v) is 11.6. The number of ether oxygens (including phenoxy) is 1. The molecular formula is C13H15N3O2S. The highest BCUT2D eigenvalue weighted by Gasteiger charge is 2.09. The van der Waals surface area contributed by atoms with Crippen LogP contribution in [0.4, 0.5) is 5.69 Å². The fourth-order valence-electron chi connectivity index (χ4n) is 1.70. The minimum Gasteiger partial charge on any atom is -0.495 e. The first-order valence-corrected chi connectivity index (χ1v) is 6.53. The van der Waals surface area contributed by atoms with Crippen LogP contribution in [-0.4, -0.2) is 17.4 Å². The van der Waals surface area contributed by atoms with Gasteiger partial charge < -0.3 is 15.8 Å². The molecule has 1 heterocycles. The molecule has 0 unspecified atom stereocenters. The maximum Gasteiger partial charge on any atom is 0.221 e. The van der Waals surface area contributed by atoms with Crippen molar-refractivity contribution in [3.8, 4) is 17.0 Å². The molecule has 0 radical (unpaired) electrons. The lowest BCUT2D eigenvalue weighted by molar-refractivity contribution is -0.114. The molecule has 2 rings (SSSR count). The minimum atomic E-state index is -0.142. The first-order chi connectivity index (χ1) is 9.13. The summed E-state index contributed by atoms with van der Waals surface area (Å²) in [6.07, 6.45) is 0. The van der Waals surface area contributed by atoms with Crippen LogP contribution in [0.2, 0.25) is 0 Å². The number of benzene rings is 1. The lowest BCUT2D eigenvalue weighted by Crippen LogP contribution is -2.07. The molecule has 0 aliphatic carbocycles. The number of amides is 1. The Hall–Kier alpha value is -1.92. The van der Waals surface area contributed by atoms with Crippen LogP contribution < -0.4 is 15.8 Å². The van der Waals surface area contributed by atoms with Gasteiger partial charge in [0.1, 0.15) is 5.75 Å². The fraction of sp³-hybridized carbons (Fsp3) is 0.231. The number of carbonyl (C=O) groups is 1. The molecule has 2 aromatic rings. The molecule has 1 amide bonds. The van der Waals surface area contributed by atoms with Crippen molar-refractivity contribution in [3.05, 3.63) is 29.1 Å². The van der Waals surface area contributed by atoms with E-state index in [0.29, 0.717) is 18.0 Å². The summed E-state index contributed by atoms with van der Waals surface area (Å²) in [4.78, 5) is 12.2. The van der Waals surface area contributed by atoms with Gasteiger partial charge in [0, 0.05) is 23.9 Å². The van der Waals surface area contributed by atoms with Crippen molar-refractivity contribution in [2.75, 3.05) is 12.4 Å². The third-order valence-electron chi connectivity index (χ3n) is 2.57. The Balaban J connectivity index is 2.38. The number of nitrogens with one attached hydrogen (secondary N) is 1. The van der Waals surface area contributed by atoms with Crippen LogP contribution in [0.15, 0.2) is 24.3 Å². The van der Waals surface area contributed by atoms with E-state index in [0.717, 1.165) is 16.1 Å². The number of hydrogen-bond acceptors (Lipinski definition) is 5. The Labute approximate surface area is 115 Å². The van der Waals surface area contributed by atoms with Gasteiger partial charge in [-0.25, -0.2) is 0 Å². The van der Waals surface area contributed by atoms with Crippen molar-refractivity contribution in [2.45, 2.75) is 13.5 Å². The number of carbonyl (C=O) groups excluding carboxylic acids is 1. The number of nitrogens with zero attached hydrogens (tertiary/aromatic N) is 1. The van der Waals surface area contributed by atoms with Crippen molar-refractivity contribution in [3.63, 3.8) is 0 Å². The molecule has 0 atom stereocenters. The summed E-state index contributed by atoms with van der Waals surface area (Å²) >= 11 is 1.38. The minimum absolute atomic E-state index is 0.142. The molecule has 3 N–H and O–H groups in total. The largest absolute Gasteiger partial charge is 0.495 e. The molecule has 19 heavy (non-hydrogen) atoms. The van der Waals surface area contributed by atoms with Gasteiger partial charge in [0.25, 0.3) is 0 Å². The summed E-state index contributed by atoms with van der Waals surface area (Å²) in [5.41, 5.74) is 7.97. The number of rotatable bonds is 4. The smallest absolute Gasteiger partial charge is 0.221 e. The molecule has 0 saturated carbocycles. The predicted octanol–water partition coefficient (Wildman–Crippen LogP) is 2.24. The van der Waals surface area contributed by atoms with Gasteiger partial charge in [-0.3, -0.25) is 4.79 Å². The molecular weight excluding hydrogens is 262 g/mol. The fourth-order valence-corrected chi connectivity index (χ4v) is 2.31. The topological polar surface area (TPSA) is 77.2 Å². The van der Waals surface area contributed by atoms with Gasteiger partial charge in [-0.05, 0) is 35.8 Å². The number of hydrogen-bond donors (Lipinski definition) is 2. The summed E-state index contributed by atoms with van der Waals surface area (Å²) in [7, 11) is 1.57. The molecule has 0 bridgehead atoms. The van der Waals surface area contributed by atoms with Crippen LogP contribution in [0, 0.1) is 0 Å². The molecule has 0 saturated heterocycles. The Morgan fingerprint density at radius 3 is 2.84 bits per heavy atom. The zero-order chi connectivity index (χ0) is 13.8. The maximum atomic E-state index is 11.2. The van der Waals surface area contributed by atoms with E-state index in [1.807, 2.05) is 24.3 Å². The first kappa shape index (κ1) is 13.5. The van der Waals surface area contributed by atoms with Gasteiger partial charge in [0.05, 0.1) is 18.5 Å². The van der Waals surface area contributed by atoms with Crippen molar-refractivity contribution in [1.82, 2.24) is 4.37 Å².